The van der Waals surface area contributed by atoms with E-state index in [9.17, 15) is 0 Å². The highest BCUT2D eigenvalue weighted by atomic mass is 79.9. The lowest BCUT2D eigenvalue weighted by molar-refractivity contribution is 1.20. The molecule has 0 amide bonds. The highest BCUT2D eigenvalue weighted by Crippen LogP contribution is 2.41. The van der Waals surface area contributed by atoms with Gasteiger partial charge in [0.2, 0.25) is 0 Å². The van der Waals surface area contributed by atoms with E-state index in [0.29, 0.717) is 0 Å². The fourth-order valence-electron chi connectivity index (χ4n) is 1.59. The van der Waals surface area contributed by atoms with E-state index < -0.39 is 0 Å². The Morgan fingerprint density at radius 2 is 1.76 bits per heavy atom. The van der Waals surface area contributed by atoms with Crippen LogP contribution in [0.15, 0.2) is 33.2 Å². The molecule has 1 aromatic carbocycles. The Morgan fingerprint density at radius 3 is 2.29 bits per heavy atom. The first-order valence-electron chi connectivity index (χ1n) is 5.15. The van der Waals surface area contributed by atoms with Crippen LogP contribution in [0.25, 0.3) is 0 Å². The van der Waals surface area contributed by atoms with Gasteiger partial charge in [-0.2, -0.15) is 0 Å². The second kappa shape index (κ2) is 5.55. The summed E-state index contributed by atoms with van der Waals surface area (Å²) in [6, 6.07) is 8.65. The Labute approximate surface area is 131 Å². The zero-order valence-electron chi connectivity index (χ0n) is 9.43. The Morgan fingerprint density at radius 1 is 1.06 bits per heavy atom. The predicted molar refractivity (Wildman–Crippen MR) is 86.4 cm³/mol. The van der Waals surface area contributed by atoms with Gasteiger partial charge >= 0.3 is 0 Å². The number of hydrogen-bond acceptors (Lipinski definition) is 1. The van der Waals surface area contributed by atoms with Crippen molar-refractivity contribution in [3.05, 3.63) is 54.1 Å². The topological polar surface area (TPSA) is 0 Å². The minimum absolute atomic E-state index is 0.243. The van der Waals surface area contributed by atoms with E-state index in [-0.39, 0.29) is 4.83 Å². The minimum atomic E-state index is 0.243. The summed E-state index contributed by atoms with van der Waals surface area (Å²) >= 11 is 12.8. The molecule has 1 atom stereocenters. The lowest BCUT2D eigenvalue weighted by Crippen LogP contribution is -1.91. The molecule has 0 fully saturated rings. The lowest BCUT2D eigenvalue weighted by Gasteiger charge is -2.10. The van der Waals surface area contributed by atoms with Crippen LogP contribution in [0.5, 0.6) is 0 Å². The molecule has 2 aromatic rings. The van der Waals surface area contributed by atoms with Gasteiger partial charge in [0, 0.05) is 18.7 Å². The van der Waals surface area contributed by atoms with Crippen molar-refractivity contribution in [3.8, 4) is 0 Å². The number of thiophene rings is 1. The molecule has 17 heavy (non-hydrogen) atoms. The third kappa shape index (κ3) is 3.03. The van der Waals surface area contributed by atoms with Gasteiger partial charge in [0.05, 0.1) is 4.83 Å². The Hall–Kier alpha value is 0.360. The van der Waals surface area contributed by atoms with E-state index in [1.807, 2.05) is 11.3 Å². The SMILES string of the molecule is Cc1cc(Br)c(C(Br)c2ccc(C)c(Br)c2)s1. The van der Waals surface area contributed by atoms with Crippen molar-refractivity contribution in [1.29, 1.82) is 0 Å². The van der Waals surface area contributed by atoms with Crippen molar-refractivity contribution in [3.63, 3.8) is 0 Å². The average molecular weight is 439 g/mol. The molecular formula is C13H11Br3S. The number of aryl methyl sites for hydroxylation is 2. The van der Waals surface area contributed by atoms with E-state index in [0.717, 1.165) is 4.47 Å². The Kier molecular flexibility index (Phi) is 4.50. The maximum Gasteiger partial charge on any atom is 0.0749 e. The summed E-state index contributed by atoms with van der Waals surface area (Å²) in [6.45, 7) is 4.23. The molecule has 1 aromatic heterocycles. The molecule has 0 saturated carbocycles. The first-order chi connectivity index (χ1) is 7.99. The van der Waals surface area contributed by atoms with Crippen molar-refractivity contribution >= 4 is 59.1 Å². The molecule has 90 valence electrons. The monoisotopic (exact) mass is 436 g/mol. The quantitative estimate of drug-likeness (QED) is 0.477. The van der Waals surface area contributed by atoms with Crippen LogP contribution in [0.4, 0.5) is 0 Å². The van der Waals surface area contributed by atoms with Gasteiger partial charge in [0.1, 0.15) is 0 Å². The second-order valence-corrected chi connectivity index (χ2v) is 7.85. The van der Waals surface area contributed by atoms with E-state index in [2.05, 4.69) is 85.9 Å². The number of rotatable bonds is 2. The molecule has 0 radical (unpaired) electrons. The van der Waals surface area contributed by atoms with Crippen LogP contribution < -0.4 is 0 Å². The molecule has 1 heterocycles. The highest BCUT2D eigenvalue weighted by Gasteiger charge is 2.16. The molecule has 2 rings (SSSR count). The van der Waals surface area contributed by atoms with Crippen LogP contribution in [0.1, 0.15) is 25.7 Å². The minimum Gasteiger partial charge on any atom is -0.143 e. The molecule has 0 spiro atoms. The van der Waals surface area contributed by atoms with E-state index in [1.165, 1.54) is 25.4 Å². The molecule has 0 nitrogen and oxygen atoms in total. The standard InChI is InChI=1S/C13H11Br3S/c1-7-3-4-9(6-10(7)14)12(16)13-11(15)5-8(2)17-13/h3-6,12H,1-2H3. The van der Waals surface area contributed by atoms with Gasteiger partial charge in [-0.1, -0.05) is 44.0 Å². The number of hydrogen-bond donors (Lipinski definition) is 0. The van der Waals surface area contributed by atoms with E-state index in [4.69, 9.17) is 0 Å². The Balaban J connectivity index is 2.40. The lowest BCUT2D eigenvalue weighted by atomic mass is 10.1. The summed E-state index contributed by atoms with van der Waals surface area (Å²) in [7, 11) is 0. The van der Waals surface area contributed by atoms with Crippen molar-refractivity contribution in [2.45, 2.75) is 18.7 Å². The summed E-state index contributed by atoms with van der Waals surface area (Å²) in [5.74, 6) is 0. The number of halogens is 3. The van der Waals surface area contributed by atoms with Crippen LogP contribution >= 0.6 is 59.1 Å². The fraction of sp³-hybridized carbons (Fsp3) is 0.231. The smallest absolute Gasteiger partial charge is 0.0749 e. The summed E-state index contributed by atoms with van der Waals surface area (Å²) in [4.78, 5) is 2.88. The van der Waals surface area contributed by atoms with Gasteiger partial charge in [-0.15, -0.1) is 11.3 Å². The van der Waals surface area contributed by atoms with E-state index >= 15 is 0 Å². The second-order valence-electron chi connectivity index (χ2n) is 3.94. The molecule has 0 aliphatic heterocycles. The molecule has 0 aliphatic rings. The molecule has 0 N–H and O–H groups in total. The highest BCUT2D eigenvalue weighted by molar-refractivity contribution is 9.11. The molecule has 1 unspecified atom stereocenters. The van der Waals surface area contributed by atoms with Crippen LogP contribution in [-0.2, 0) is 0 Å². The van der Waals surface area contributed by atoms with Gasteiger partial charge < -0.3 is 0 Å². The molecular weight excluding hydrogens is 428 g/mol. The van der Waals surface area contributed by atoms with Crippen molar-refractivity contribution in [2.24, 2.45) is 0 Å². The summed E-state index contributed by atoms with van der Waals surface area (Å²) in [5, 5.41) is 0. The Bertz CT molecular complexity index is 546. The average Bonchev–Trinajstić information content (AvgIpc) is 2.61. The fourth-order valence-corrected chi connectivity index (χ4v) is 4.99. The normalized spacial score (nSPS) is 12.8. The van der Waals surface area contributed by atoms with E-state index in [1.54, 1.807) is 0 Å². The largest absolute Gasteiger partial charge is 0.143 e. The molecule has 0 saturated heterocycles. The molecule has 0 bridgehead atoms. The third-order valence-corrected chi connectivity index (χ3v) is 6.73. The summed E-state index contributed by atoms with van der Waals surface area (Å²) in [6.07, 6.45) is 0. The van der Waals surface area contributed by atoms with Crippen molar-refractivity contribution < 1.29 is 0 Å². The molecule has 0 aliphatic carbocycles. The summed E-state index contributed by atoms with van der Waals surface area (Å²) in [5.41, 5.74) is 2.53. The maximum absolute atomic E-state index is 3.78. The van der Waals surface area contributed by atoms with Crippen molar-refractivity contribution in [1.82, 2.24) is 0 Å². The van der Waals surface area contributed by atoms with Gasteiger partial charge in [-0.3, -0.25) is 0 Å². The van der Waals surface area contributed by atoms with Crippen LogP contribution in [0.2, 0.25) is 0 Å². The van der Waals surface area contributed by atoms with Gasteiger partial charge in [0.25, 0.3) is 0 Å². The van der Waals surface area contributed by atoms with Gasteiger partial charge in [-0.25, -0.2) is 0 Å². The maximum atomic E-state index is 3.78. The van der Waals surface area contributed by atoms with Crippen molar-refractivity contribution in [2.75, 3.05) is 0 Å². The molecule has 4 heteroatoms. The zero-order valence-corrected chi connectivity index (χ0v) is 15.0. The summed E-state index contributed by atoms with van der Waals surface area (Å²) < 4.78 is 2.34. The van der Waals surface area contributed by atoms with Gasteiger partial charge in [0.15, 0.2) is 0 Å². The van der Waals surface area contributed by atoms with Gasteiger partial charge in [-0.05, 0) is 53.0 Å². The first kappa shape index (κ1) is 13.8. The number of alkyl halides is 1. The van der Waals surface area contributed by atoms with Crippen LogP contribution in [0.3, 0.4) is 0 Å². The van der Waals surface area contributed by atoms with Crippen LogP contribution in [0, 0.1) is 13.8 Å². The zero-order chi connectivity index (χ0) is 12.6. The van der Waals surface area contributed by atoms with Crippen LogP contribution in [-0.4, -0.2) is 0 Å². The number of benzene rings is 1. The third-order valence-electron chi connectivity index (χ3n) is 2.56. The first-order valence-corrected chi connectivity index (χ1v) is 8.47. The predicted octanol–water partition coefficient (Wildman–Crippen LogP) is 6.37.